The second kappa shape index (κ2) is 6.24. The molecule has 1 unspecified atom stereocenters. The summed E-state index contributed by atoms with van der Waals surface area (Å²) in [6, 6.07) is 13.8. The lowest BCUT2D eigenvalue weighted by atomic mass is 9.99. The number of anilines is 1. The monoisotopic (exact) mass is 336 g/mol. The van der Waals surface area contributed by atoms with Gasteiger partial charge in [-0.05, 0) is 42.2 Å². The van der Waals surface area contributed by atoms with Crippen LogP contribution < -0.4 is 10.1 Å². The van der Waals surface area contributed by atoms with Crippen molar-refractivity contribution in [3.8, 4) is 5.75 Å². The Hall–Kier alpha value is -2.82. The predicted molar refractivity (Wildman–Crippen MR) is 94.4 cm³/mol. The lowest BCUT2D eigenvalue weighted by molar-refractivity contribution is -0.137. The Bertz CT molecular complexity index is 847. The Labute approximate surface area is 146 Å². The van der Waals surface area contributed by atoms with Crippen LogP contribution in [0.15, 0.2) is 42.5 Å². The molecule has 0 radical (unpaired) electrons. The fraction of sp³-hybridized carbons (Fsp3) is 0.300. The van der Waals surface area contributed by atoms with Crippen LogP contribution in [-0.4, -0.2) is 29.4 Å². The molecule has 2 amide bonds. The summed E-state index contributed by atoms with van der Waals surface area (Å²) in [5, 5.41) is 2.84. The van der Waals surface area contributed by atoms with Gasteiger partial charge in [-0.2, -0.15) is 0 Å². The van der Waals surface area contributed by atoms with Gasteiger partial charge in [-0.25, -0.2) is 0 Å². The first kappa shape index (κ1) is 15.7. The second-order valence-electron chi connectivity index (χ2n) is 6.63. The molecule has 2 heterocycles. The highest BCUT2D eigenvalue weighted by atomic mass is 16.5. The molecule has 25 heavy (non-hydrogen) atoms. The zero-order chi connectivity index (χ0) is 17.4. The SMILES string of the molecule is Cc1ccc2c(c1)NC(=O)C(CC(=O)N1CCc3ccccc3C1)O2. The van der Waals surface area contributed by atoms with Gasteiger partial charge in [0.25, 0.3) is 5.91 Å². The molecule has 0 aliphatic carbocycles. The summed E-state index contributed by atoms with van der Waals surface area (Å²) in [5.41, 5.74) is 4.18. The molecular weight excluding hydrogens is 316 g/mol. The Balaban J connectivity index is 1.45. The Kier molecular flexibility index (Phi) is 3.92. The average molecular weight is 336 g/mol. The molecule has 5 nitrogen and oxygen atoms in total. The van der Waals surface area contributed by atoms with Gasteiger partial charge < -0.3 is 15.0 Å². The third-order valence-corrected chi connectivity index (χ3v) is 4.80. The zero-order valence-electron chi connectivity index (χ0n) is 14.1. The van der Waals surface area contributed by atoms with Crippen molar-refractivity contribution in [2.24, 2.45) is 0 Å². The Morgan fingerprint density at radius 1 is 1.24 bits per heavy atom. The summed E-state index contributed by atoms with van der Waals surface area (Å²) < 4.78 is 5.77. The van der Waals surface area contributed by atoms with E-state index in [-0.39, 0.29) is 18.2 Å². The zero-order valence-corrected chi connectivity index (χ0v) is 14.1. The highest BCUT2D eigenvalue weighted by molar-refractivity contribution is 6.00. The van der Waals surface area contributed by atoms with Crippen LogP contribution in [0.3, 0.4) is 0 Å². The number of benzene rings is 2. The minimum Gasteiger partial charge on any atom is -0.478 e. The van der Waals surface area contributed by atoms with Crippen LogP contribution in [-0.2, 0) is 22.6 Å². The van der Waals surface area contributed by atoms with Crippen LogP contribution in [0.4, 0.5) is 5.69 Å². The quantitative estimate of drug-likeness (QED) is 0.917. The van der Waals surface area contributed by atoms with Crippen LogP contribution in [0.25, 0.3) is 0 Å². The molecule has 0 fully saturated rings. The summed E-state index contributed by atoms with van der Waals surface area (Å²) >= 11 is 0. The van der Waals surface area contributed by atoms with Gasteiger partial charge in [0.15, 0.2) is 6.10 Å². The van der Waals surface area contributed by atoms with Crippen LogP contribution in [0.5, 0.6) is 5.75 Å². The fourth-order valence-electron chi connectivity index (χ4n) is 3.39. The molecule has 0 saturated heterocycles. The maximum atomic E-state index is 12.7. The molecule has 0 spiro atoms. The van der Waals surface area contributed by atoms with Crippen molar-refractivity contribution in [3.05, 3.63) is 59.2 Å². The first-order chi connectivity index (χ1) is 12.1. The van der Waals surface area contributed by atoms with Gasteiger partial charge in [0.2, 0.25) is 5.91 Å². The van der Waals surface area contributed by atoms with Crippen LogP contribution in [0.2, 0.25) is 0 Å². The molecule has 2 aliphatic heterocycles. The van der Waals surface area contributed by atoms with Crippen molar-refractivity contribution in [1.82, 2.24) is 4.90 Å². The van der Waals surface area contributed by atoms with Crippen molar-refractivity contribution in [2.75, 3.05) is 11.9 Å². The molecule has 0 bridgehead atoms. The van der Waals surface area contributed by atoms with E-state index in [0.717, 1.165) is 12.0 Å². The number of rotatable bonds is 2. The van der Waals surface area contributed by atoms with Gasteiger partial charge in [0.05, 0.1) is 12.1 Å². The number of carbonyl (C=O) groups is 2. The molecule has 5 heteroatoms. The third-order valence-electron chi connectivity index (χ3n) is 4.80. The number of nitrogens with one attached hydrogen (secondary N) is 1. The van der Waals surface area contributed by atoms with Crippen LogP contribution in [0.1, 0.15) is 23.1 Å². The maximum Gasteiger partial charge on any atom is 0.266 e. The van der Waals surface area contributed by atoms with E-state index in [2.05, 4.69) is 17.4 Å². The summed E-state index contributed by atoms with van der Waals surface area (Å²) in [6.07, 6.45) is 0.128. The van der Waals surface area contributed by atoms with Gasteiger partial charge in [-0.1, -0.05) is 30.3 Å². The number of aryl methyl sites for hydroxylation is 1. The van der Waals surface area contributed by atoms with Gasteiger partial charge in [0, 0.05) is 13.1 Å². The average Bonchev–Trinajstić information content (AvgIpc) is 2.62. The molecule has 1 atom stereocenters. The molecule has 1 N–H and O–H groups in total. The maximum absolute atomic E-state index is 12.7. The number of hydrogen-bond donors (Lipinski definition) is 1. The van der Waals surface area contributed by atoms with Crippen LogP contribution >= 0.6 is 0 Å². The molecule has 0 aromatic heterocycles. The minimum atomic E-state index is -0.778. The van der Waals surface area contributed by atoms with Gasteiger partial charge in [-0.15, -0.1) is 0 Å². The number of amides is 2. The van der Waals surface area contributed by atoms with Crippen molar-refractivity contribution < 1.29 is 14.3 Å². The first-order valence-electron chi connectivity index (χ1n) is 8.53. The van der Waals surface area contributed by atoms with E-state index in [1.54, 1.807) is 0 Å². The van der Waals surface area contributed by atoms with Crippen LogP contribution in [0, 0.1) is 6.92 Å². The van der Waals surface area contributed by atoms with E-state index in [1.165, 1.54) is 11.1 Å². The molecule has 4 rings (SSSR count). The molecule has 2 aromatic rings. The number of carbonyl (C=O) groups excluding carboxylic acids is 2. The Morgan fingerprint density at radius 2 is 2.04 bits per heavy atom. The van der Waals surface area contributed by atoms with Crippen molar-refractivity contribution in [2.45, 2.75) is 32.4 Å². The van der Waals surface area contributed by atoms with Gasteiger partial charge >= 0.3 is 0 Å². The summed E-state index contributed by atoms with van der Waals surface area (Å²) in [5.74, 6) is 0.307. The normalized spacial score (nSPS) is 18.7. The minimum absolute atomic E-state index is 0.0507. The lowest BCUT2D eigenvalue weighted by Crippen LogP contribution is -2.43. The molecule has 2 aromatic carbocycles. The van der Waals surface area contributed by atoms with E-state index in [9.17, 15) is 9.59 Å². The second-order valence-corrected chi connectivity index (χ2v) is 6.63. The van der Waals surface area contributed by atoms with E-state index in [4.69, 9.17) is 4.74 Å². The highest BCUT2D eigenvalue weighted by Gasteiger charge is 2.32. The number of fused-ring (bicyclic) bond motifs is 2. The fourth-order valence-corrected chi connectivity index (χ4v) is 3.39. The predicted octanol–water partition coefficient (Wildman–Crippen LogP) is 2.67. The molecule has 2 aliphatic rings. The molecule has 128 valence electrons. The number of nitrogens with zero attached hydrogens (tertiary/aromatic N) is 1. The smallest absolute Gasteiger partial charge is 0.266 e. The molecule has 0 saturated carbocycles. The summed E-state index contributed by atoms with van der Waals surface area (Å²) in [6.45, 7) is 3.23. The Morgan fingerprint density at radius 3 is 2.88 bits per heavy atom. The van der Waals surface area contributed by atoms with Crippen molar-refractivity contribution in [1.29, 1.82) is 0 Å². The third kappa shape index (κ3) is 3.09. The largest absolute Gasteiger partial charge is 0.478 e. The molecular formula is C20H20N2O3. The van der Waals surface area contributed by atoms with Gasteiger partial charge in [-0.3, -0.25) is 9.59 Å². The van der Waals surface area contributed by atoms with Crippen molar-refractivity contribution >= 4 is 17.5 Å². The van der Waals surface area contributed by atoms with E-state index >= 15 is 0 Å². The number of ether oxygens (including phenoxy) is 1. The van der Waals surface area contributed by atoms with Crippen molar-refractivity contribution in [3.63, 3.8) is 0 Å². The summed E-state index contributed by atoms with van der Waals surface area (Å²) in [4.78, 5) is 26.7. The topological polar surface area (TPSA) is 58.6 Å². The van der Waals surface area contributed by atoms with E-state index < -0.39 is 6.10 Å². The lowest BCUT2D eigenvalue weighted by Gasteiger charge is -2.31. The highest BCUT2D eigenvalue weighted by Crippen LogP contribution is 2.31. The summed E-state index contributed by atoms with van der Waals surface area (Å²) in [7, 11) is 0. The number of hydrogen-bond acceptors (Lipinski definition) is 3. The van der Waals surface area contributed by atoms with E-state index in [0.29, 0.717) is 24.5 Å². The standard InChI is InChI=1S/C20H20N2O3/c1-13-6-7-17-16(10-13)21-20(24)18(25-17)11-19(23)22-9-8-14-4-2-3-5-15(14)12-22/h2-7,10,18H,8-9,11-12H2,1H3,(H,21,24). The van der Waals surface area contributed by atoms with E-state index in [1.807, 2.05) is 42.2 Å². The first-order valence-corrected chi connectivity index (χ1v) is 8.53. The van der Waals surface area contributed by atoms with Gasteiger partial charge in [0.1, 0.15) is 5.75 Å².